The number of carbonyl (C=O) groups is 2. The standard InChI is InChI=1S/C26H22N2O5S/c1-16-22(25(31)32-3)23(19-12-14-20(15-13-19)33-17(2)29)28-24(30)21(34-26(28)27-16)11-7-10-18-8-5-4-6-9-18/h4-15,23H,1-3H3. The second-order valence-corrected chi connectivity index (χ2v) is 8.54. The van der Waals surface area contributed by atoms with Crippen LogP contribution in [0.4, 0.5) is 0 Å². The van der Waals surface area contributed by atoms with Gasteiger partial charge < -0.3 is 9.47 Å². The van der Waals surface area contributed by atoms with Gasteiger partial charge in [-0.15, -0.1) is 0 Å². The summed E-state index contributed by atoms with van der Waals surface area (Å²) in [5.41, 5.74) is 2.18. The van der Waals surface area contributed by atoms with Crippen molar-refractivity contribution < 1.29 is 19.1 Å². The van der Waals surface area contributed by atoms with E-state index in [0.717, 1.165) is 5.56 Å². The van der Waals surface area contributed by atoms with Crippen molar-refractivity contribution >= 4 is 35.4 Å². The number of hydrogen-bond donors (Lipinski definition) is 0. The molecule has 0 bridgehead atoms. The van der Waals surface area contributed by atoms with Crippen LogP contribution in [0.15, 0.2) is 81.7 Å². The first-order valence-electron chi connectivity index (χ1n) is 10.5. The average molecular weight is 475 g/mol. The Bertz CT molecular complexity index is 1480. The molecule has 2 heterocycles. The summed E-state index contributed by atoms with van der Waals surface area (Å²) in [5.74, 6) is -0.626. The van der Waals surface area contributed by atoms with E-state index in [2.05, 4.69) is 4.99 Å². The summed E-state index contributed by atoms with van der Waals surface area (Å²) in [5, 5.41) is 0. The van der Waals surface area contributed by atoms with E-state index in [-0.39, 0.29) is 11.1 Å². The summed E-state index contributed by atoms with van der Waals surface area (Å²) in [6.07, 6.45) is 5.47. The highest BCUT2D eigenvalue weighted by atomic mass is 32.1. The molecular weight excluding hydrogens is 452 g/mol. The van der Waals surface area contributed by atoms with Crippen molar-refractivity contribution in [1.82, 2.24) is 4.57 Å². The molecule has 0 aliphatic carbocycles. The predicted molar refractivity (Wildman–Crippen MR) is 130 cm³/mol. The number of hydrogen-bond acceptors (Lipinski definition) is 7. The van der Waals surface area contributed by atoms with Crippen LogP contribution in [0.1, 0.15) is 31.0 Å². The molecule has 8 heteroatoms. The van der Waals surface area contributed by atoms with Gasteiger partial charge >= 0.3 is 11.9 Å². The lowest BCUT2D eigenvalue weighted by Crippen LogP contribution is -2.39. The normalized spacial score (nSPS) is 15.7. The van der Waals surface area contributed by atoms with Crippen LogP contribution >= 0.6 is 11.3 Å². The number of carbonyl (C=O) groups excluding carboxylic acids is 2. The van der Waals surface area contributed by atoms with E-state index in [1.165, 1.54) is 29.9 Å². The Labute approximate surface area is 199 Å². The SMILES string of the molecule is COC(=O)C1=C(C)N=c2sc(=CC=Cc3ccccc3)c(=O)n2C1c1ccc(OC(C)=O)cc1. The van der Waals surface area contributed by atoms with E-state index < -0.39 is 18.0 Å². The zero-order valence-corrected chi connectivity index (χ0v) is 19.7. The van der Waals surface area contributed by atoms with Crippen LogP contribution in [0, 0.1) is 0 Å². The molecular formula is C26H22N2O5S. The average Bonchev–Trinajstić information content (AvgIpc) is 3.13. The summed E-state index contributed by atoms with van der Waals surface area (Å²) in [4.78, 5) is 42.4. The number of allylic oxidation sites excluding steroid dienone is 2. The van der Waals surface area contributed by atoms with E-state index in [1.807, 2.05) is 42.5 Å². The largest absolute Gasteiger partial charge is 0.466 e. The molecule has 0 N–H and O–H groups in total. The van der Waals surface area contributed by atoms with Gasteiger partial charge in [0.25, 0.3) is 5.56 Å². The van der Waals surface area contributed by atoms with E-state index >= 15 is 0 Å². The van der Waals surface area contributed by atoms with Crippen molar-refractivity contribution in [2.75, 3.05) is 7.11 Å². The molecule has 1 unspecified atom stereocenters. The van der Waals surface area contributed by atoms with E-state index in [0.29, 0.717) is 26.3 Å². The maximum atomic E-state index is 13.4. The minimum absolute atomic E-state index is 0.260. The number of rotatable bonds is 5. The van der Waals surface area contributed by atoms with Gasteiger partial charge in [0, 0.05) is 6.92 Å². The van der Waals surface area contributed by atoms with Crippen LogP contribution in [0.2, 0.25) is 0 Å². The van der Waals surface area contributed by atoms with Gasteiger partial charge in [0.2, 0.25) is 0 Å². The number of methoxy groups -OCH3 is 1. The van der Waals surface area contributed by atoms with Gasteiger partial charge in [-0.05, 0) is 36.3 Å². The van der Waals surface area contributed by atoms with Gasteiger partial charge in [-0.1, -0.05) is 66.0 Å². The van der Waals surface area contributed by atoms with Gasteiger partial charge in [-0.25, -0.2) is 9.79 Å². The Kier molecular flexibility index (Phi) is 6.70. The maximum absolute atomic E-state index is 13.4. The highest BCUT2D eigenvalue weighted by Crippen LogP contribution is 2.31. The molecule has 1 atom stereocenters. The van der Waals surface area contributed by atoms with Crippen LogP contribution in [0.25, 0.3) is 12.2 Å². The van der Waals surface area contributed by atoms with Gasteiger partial charge in [-0.2, -0.15) is 0 Å². The van der Waals surface area contributed by atoms with Crippen LogP contribution < -0.4 is 19.6 Å². The van der Waals surface area contributed by atoms with Crippen molar-refractivity contribution in [3.05, 3.63) is 103 Å². The Hall–Kier alpha value is -4.04. The number of ether oxygens (including phenoxy) is 2. The second-order valence-electron chi connectivity index (χ2n) is 7.53. The predicted octanol–water partition coefficient (Wildman–Crippen LogP) is 3.00. The topological polar surface area (TPSA) is 87.0 Å². The van der Waals surface area contributed by atoms with E-state index in [1.54, 1.807) is 37.3 Å². The molecule has 1 aromatic heterocycles. The summed E-state index contributed by atoms with van der Waals surface area (Å²) < 4.78 is 12.1. The third kappa shape index (κ3) is 4.67. The summed E-state index contributed by atoms with van der Waals surface area (Å²) >= 11 is 1.25. The first-order chi connectivity index (χ1) is 16.4. The number of benzene rings is 2. The van der Waals surface area contributed by atoms with Crippen molar-refractivity contribution in [2.45, 2.75) is 19.9 Å². The molecule has 0 amide bonds. The highest BCUT2D eigenvalue weighted by molar-refractivity contribution is 7.07. The molecule has 3 aromatic rings. The van der Waals surface area contributed by atoms with Crippen LogP contribution in [0.3, 0.4) is 0 Å². The minimum Gasteiger partial charge on any atom is -0.466 e. The molecule has 4 rings (SSSR count). The smallest absolute Gasteiger partial charge is 0.338 e. The fourth-order valence-corrected chi connectivity index (χ4v) is 4.72. The molecule has 0 saturated carbocycles. The molecule has 0 spiro atoms. The summed E-state index contributed by atoms with van der Waals surface area (Å²) in [6, 6.07) is 15.7. The molecule has 34 heavy (non-hydrogen) atoms. The Morgan fingerprint density at radius 3 is 2.44 bits per heavy atom. The number of fused-ring (bicyclic) bond motifs is 1. The van der Waals surface area contributed by atoms with E-state index in [4.69, 9.17) is 9.47 Å². The Morgan fingerprint density at radius 2 is 1.79 bits per heavy atom. The maximum Gasteiger partial charge on any atom is 0.338 e. The molecule has 0 saturated heterocycles. The molecule has 172 valence electrons. The molecule has 2 aromatic carbocycles. The number of thiazole rings is 1. The van der Waals surface area contributed by atoms with Crippen LogP contribution in [0.5, 0.6) is 5.75 Å². The van der Waals surface area contributed by atoms with Crippen LogP contribution in [-0.2, 0) is 14.3 Å². The zero-order chi connectivity index (χ0) is 24.2. The van der Waals surface area contributed by atoms with Crippen molar-refractivity contribution in [3.8, 4) is 5.75 Å². The number of aromatic nitrogens is 1. The fraction of sp³-hybridized carbons (Fsp3) is 0.154. The lowest BCUT2D eigenvalue weighted by molar-refractivity contribution is -0.136. The summed E-state index contributed by atoms with van der Waals surface area (Å²) in [6.45, 7) is 3.04. The first-order valence-corrected chi connectivity index (χ1v) is 11.3. The number of nitrogens with zero attached hydrogens (tertiary/aromatic N) is 2. The number of esters is 2. The monoisotopic (exact) mass is 474 g/mol. The molecule has 0 fully saturated rings. The molecule has 1 aliphatic heterocycles. The third-order valence-corrected chi connectivity index (χ3v) is 6.22. The third-order valence-electron chi connectivity index (χ3n) is 5.22. The van der Waals surface area contributed by atoms with Gasteiger partial charge in [0.15, 0.2) is 4.80 Å². The second kappa shape index (κ2) is 9.84. The van der Waals surface area contributed by atoms with Gasteiger partial charge in [0.05, 0.1) is 29.0 Å². The first kappa shape index (κ1) is 23.1. The van der Waals surface area contributed by atoms with Crippen molar-refractivity contribution in [3.63, 3.8) is 0 Å². The lowest BCUT2D eigenvalue weighted by Gasteiger charge is -2.24. The lowest BCUT2D eigenvalue weighted by atomic mass is 9.96. The molecule has 1 aliphatic rings. The van der Waals surface area contributed by atoms with Crippen molar-refractivity contribution in [1.29, 1.82) is 0 Å². The molecule has 0 radical (unpaired) electrons. The van der Waals surface area contributed by atoms with Crippen LogP contribution in [-0.4, -0.2) is 23.6 Å². The zero-order valence-electron chi connectivity index (χ0n) is 18.8. The fourth-order valence-electron chi connectivity index (χ4n) is 3.72. The molecule has 7 nitrogen and oxygen atoms in total. The van der Waals surface area contributed by atoms with Gasteiger partial charge in [0.1, 0.15) is 5.75 Å². The highest BCUT2D eigenvalue weighted by Gasteiger charge is 2.33. The summed E-state index contributed by atoms with van der Waals surface area (Å²) in [7, 11) is 1.29. The Morgan fingerprint density at radius 1 is 1.09 bits per heavy atom. The minimum atomic E-state index is -0.727. The van der Waals surface area contributed by atoms with Crippen molar-refractivity contribution in [2.24, 2.45) is 4.99 Å². The van der Waals surface area contributed by atoms with E-state index in [9.17, 15) is 14.4 Å². The quantitative estimate of drug-likeness (QED) is 0.419. The van der Waals surface area contributed by atoms with Gasteiger partial charge in [-0.3, -0.25) is 14.2 Å². The Balaban J connectivity index is 1.83.